The summed E-state index contributed by atoms with van der Waals surface area (Å²) in [6, 6.07) is 0. The maximum absolute atomic E-state index is 12.9. The topological polar surface area (TPSA) is 231 Å². The van der Waals surface area contributed by atoms with E-state index in [1.54, 1.807) is 0 Å². The van der Waals surface area contributed by atoms with Crippen molar-refractivity contribution in [3.05, 3.63) is 158 Å². The zero-order chi connectivity index (χ0) is 73.7. The van der Waals surface area contributed by atoms with Crippen LogP contribution in [-0.2, 0) is 55.8 Å². The molecule has 0 aromatic carbocycles. The lowest BCUT2D eigenvalue weighted by molar-refractivity contribution is -0.161. The van der Waals surface area contributed by atoms with Gasteiger partial charge in [0.1, 0.15) is 25.4 Å². The quantitative estimate of drug-likeness (QED) is 0.0146. The Balaban J connectivity index is 4.50. The summed E-state index contributed by atoms with van der Waals surface area (Å²) < 4.78 is 61.0. The van der Waals surface area contributed by atoms with Crippen molar-refractivity contribution in [3.8, 4) is 0 Å². The molecule has 0 bridgehead atoms. The summed E-state index contributed by atoms with van der Waals surface area (Å²) in [4.78, 5) is 58.5. The van der Waals surface area contributed by atoms with E-state index >= 15 is 0 Å². The van der Waals surface area contributed by atoms with Crippen LogP contribution in [-0.4, -0.2) is 95.9 Å². The summed E-state index contributed by atoms with van der Waals surface area (Å²) in [5.74, 6) is -1.65. The number of carbonyl (C=O) groups excluding carboxylic acids is 3. The molecule has 101 heavy (non-hydrogen) atoms. The van der Waals surface area contributed by atoms with Crippen molar-refractivity contribution in [2.45, 2.75) is 309 Å². The van der Waals surface area contributed by atoms with Crippen molar-refractivity contribution in [3.63, 3.8) is 0 Å². The summed E-state index contributed by atoms with van der Waals surface area (Å²) in [5, 5.41) is 20.6. The highest BCUT2D eigenvalue weighted by Crippen LogP contribution is 2.45. The molecule has 0 saturated carbocycles. The third-order valence-electron chi connectivity index (χ3n) is 15.7. The molecule has 0 aromatic rings. The number of hydrogen-bond donors (Lipinski definition) is 4. The van der Waals surface area contributed by atoms with Crippen LogP contribution in [0.5, 0.6) is 0 Å². The zero-order valence-corrected chi connectivity index (χ0v) is 64.6. The van der Waals surface area contributed by atoms with Crippen molar-refractivity contribution >= 4 is 33.6 Å². The molecule has 0 aliphatic rings. The Morgan fingerprint density at radius 2 is 0.525 bits per heavy atom. The summed E-state index contributed by atoms with van der Waals surface area (Å²) in [6.45, 7) is 2.31. The average Bonchev–Trinajstić information content (AvgIpc) is 0.935. The fourth-order valence-corrected chi connectivity index (χ4v) is 11.5. The van der Waals surface area contributed by atoms with Crippen LogP contribution < -0.4 is 0 Å². The predicted molar refractivity (Wildman–Crippen MR) is 417 cm³/mol. The Bertz CT molecular complexity index is 2470. The van der Waals surface area contributed by atoms with Crippen LogP contribution in [0.25, 0.3) is 0 Å². The van der Waals surface area contributed by atoms with Crippen LogP contribution in [0.3, 0.4) is 0 Å². The molecule has 16 nitrogen and oxygen atoms in total. The molecule has 5 unspecified atom stereocenters. The molecule has 0 aliphatic carbocycles. The number of phosphoric ester groups is 2. The average molecular weight is 1450 g/mol. The van der Waals surface area contributed by atoms with Crippen molar-refractivity contribution in [1.29, 1.82) is 0 Å². The third kappa shape index (κ3) is 76.1. The predicted octanol–water partition coefficient (Wildman–Crippen LogP) is 22.6. The van der Waals surface area contributed by atoms with E-state index in [0.29, 0.717) is 19.3 Å². The minimum atomic E-state index is -4.95. The zero-order valence-electron chi connectivity index (χ0n) is 62.8. The third-order valence-corrected chi connectivity index (χ3v) is 17.6. The fraction of sp³-hybridized carbons (Fsp3) is 0.651. The lowest BCUT2D eigenvalue weighted by Gasteiger charge is -2.21. The molecule has 4 N–H and O–H groups in total. The molecule has 18 heteroatoms. The number of hydrogen-bond acceptors (Lipinski definition) is 14. The van der Waals surface area contributed by atoms with Crippen LogP contribution in [0.15, 0.2) is 158 Å². The molecular weight excluding hydrogens is 1310 g/mol. The highest BCUT2D eigenvalue weighted by molar-refractivity contribution is 7.47. The first-order valence-electron chi connectivity index (χ1n) is 38.8. The number of phosphoric acid groups is 2. The molecular formula is C83H138O16P2. The molecule has 0 spiro atoms. The standard InChI is InChI=1S/C83H138O16P2/c1-4-7-10-13-16-19-22-25-27-29-31-33-34-35-36-37-38-39-40-41-42-44-46-47-49-52-54-57-60-63-66-69-81(86)93-72-78(84)73-95-100(89,90)96-74-79(85)75-97-101(91,92)98-77-80(99-83(88)71-68-65-62-59-56-51-24-21-18-15-12-9-6-3)76-94-82(87)70-67-64-61-58-55-53-50-48-45-43-32-30-28-26-23-20-17-14-11-8-5-2/h7-8,10-12,15-17,19-21,24-28,31-33,35-36,43,48,50,55,58,78-80,84-85H,4-6,9,13-14,18,22-23,29-30,34,37-42,44-47,49,51-54,56-57,59-77H2,1-3H3,(H,89,90)(H,91,92)/b10-7-,11-8-,15-12-,19-16-,20-17-,24-21-,27-25-,28-26-,33-31-,36-35-,43-32-,50-48-,58-55-. The van der Waals surface area contributed by atoms with Gasteiger partial charge in [-0.15, -0.1) is 0 Å². The molecule has 0 aliphatic heterocycles. The second-order valence-electron chi connectivity index (χ2n) is 25.4. The molecule has 0 heterocycles. The Morgan fingerprint density at radius 3 is 0.851 bits per heavy atom. The van der Waals surface area contributed by atoms with Gasteiger partial charge in [-0.05, 0) is 141 Å². The van der Waals surface area contributed by atoms with Crippen LogP contribution in [0, 0.1) is 0 Å². The highest BCUT2D eigenvalue weighted by atomic mass is 31.2. The lowest BCUT2D eigenvalue weighted by atomic mass is 10.0. The van der Waals surface area contributed by atoms with Crippen LogP contribution >= 0.6 is 15.6 Å². The maximum atomic E-state index is 12.9. The van der Waals surface area contributed by atoms with E-state index in [4.69, 9.17) is 32.3 Å². The molecule has 0 radical (unpaired) electrons. The molecule has 5 atom stereocenters. The van der Waals surface area contributed by atoms with E-state index in [1.165, 1.54) is 77.0 Å². The number of esters is 3. The van der Waals surface area contributed by atoms with Gasteiger partial charge in [0.15, 0.2) is 6.10 Å². The van der Waals surface area contributed by atoms with Gasteiger partial charge in [-0.3, -0.25) is 32.5 Å². The maximum Gasteiger partial charge on any atom is 0.472 e. The lowest BCUT2D eigenvalue weighted by Crippen LogP contribution is -2.30. The normalized spacial score (nSPS) is 14.9. The Labute approximate surface area is 612 Å². The highest BCUT2D eigenvalue weighted by Gasteiger charge is 2.29. The van der Waals surface area contributed by atoms with E-state index < -0.39 is 91.5 Å². The largest absolute Gasteiger partial charge is 0.472 e. The summed E-state index contributed by atoms with van der Waals surface area (Å²) >= 11 is 0. The summed E-state index contributed by atoms with van der Waals surface area (Å²) in [7, 11) is -9.81. The van der Waals surface area contributed by atoms with E-state index in [1.807, 2.05) is 0 Å². The first-order valence-corrected chi connectivity index (χ1v) is 41.8. The Kier molecular flexibility index (Phi) is 71.3. The minimum Gasteiger partial charge on any atom is -0.463 e. The molecule has 0 fully saturated rings. The minimum absolute atomic E-state index is 0.0738. The molecule has 576 valence electrons. The fourth-order valence-electron chi connectivity index (χ4n) is 9.87. The SMILES string of the molecule is CC/C=C\C/C=C\C/C=C\C/C=C\C/C=C\C/C=C\CCCCC(=O)OCC(COP(=O)(O)OCC(O)COP(=O)(O)OCC(O)COC(=O)CCCCCCCCCCCCCCCCC/C=C\C/C=C\C/C=C\C/C=C\C/C=C\CC)OC(=O)CCCCCCC/C=C\C/C=C\CCC. The van der Waals surface area contributed by atoms with Crippen molar-refractivity contribution in [1.82, 2.24) is 0 Å². The Hall–Kier alpha value is -4.83. The van der Waals surface area contributed by atoms with E-state index in [0.717, 1.165) is 154 Å². The second-order valence-corrected chi connectivity index (χ2v) is 28.3. The van der Waals surface area contributed by atoms with Crippen molar-refractivity contribution < 1.29 is 75.8 Å². The monoisotopic (exact) mass is 1450 g/mol. The first-order chi connectivity index (χ1) is 49.2. The number of aliphatic hydroxyl groups excluding tert-OH is 2. The molecule has 0 saturated heterocycles. The number of aliphatic hydroxyl groups is 2. The van der Waals surface area contributed by atoms with Gasteiger partial charge in [0.2, 0.25) is 0 Å². The number of ether oxygens (including phenoxy) is 3. The van der Waals surface area contributed by atoms with Gasteiger partial charge in [0.25, 0.3) is 0 Å². The number of allylic oxidation sites excluding steroid dienone is 26. The van der Waals surface area contributed by atoms with Crippen molar-refractivity contribution in [2.75, 3.05) is 39.6 Å². The number of unbranched alkanes of at least 4 members (excludes halogenated alkanes) is 23. The van der Waals surface area contributed by atoms with Gasteiger partial charge >= 0.3 is 33.6 Å². The second kappa shape index (κ2) is 74.9. The smallest absolute Gasteiger partial charge is 0.463 e. The number of carbonyl (C=O) groups is 3. The van der Waals surface area contributed by atoms with E-state index in [-0.39, 0.29) is 19.3 Å². The summed E-state index contributed by atoms with van der Waals surface area (Å²) in [5.41, 5.74) is 0. The first kappa shape index (κ1) is 96.2. The van der Waals surface area contributed by atoms with Gasteiger partial charge in [0.05, 0.1) is 26.4 Å². The Morgan fingerprint density at radius 1 is 0.287 bits per heavy atom. The van der Waals surface area contributed by atoms with Gasteiger partial charge in [-0.25, -0.2) is 9.13 Å². The van der Waals surface area contributed by atoms with Gasteiger partial charge in [0, 0.05) is 19.3 Å². The summed E-state index contributed by atoms with van der Waals surface area (Å²) in [6.07, 6.45) is 93.1. The molecule has 0 amide bonds. The van der Waals surface area contributed by atoms with Crippen LogP contribution in [0.4, 0.5) is 0 Å². The van der Waals surface area contributed by atoms with Crippen LogP contribution in [0.1, 0.15) is 290 Å². The molecule has 0 aromatic heterocycles. The van der Waals surface area contributed by atoms with E-state index in [2.05, 4.69) is 179 Å². The molecule has 0 rings (SSSR count). The van der Waals surface area contributed by atoms with E-state index in [9.17, 15) is 43.5 Å². The van der Waals surface area contributed by atoms with Crippen LogP contribution in [0.2, 0.25) is 0 Å². The number of rotatable bonds is 72. The van der Waals surface area contributed by atoms with Gasteiger partial charge in [-0.1, -0.05) is 288 Å². The van der Waals surface area contributed by atoms with Gasteiger partial charge in [-0.2, -0.15) is 0 Å². The van der Waals surface area contributed by atoms with Gasteiger partial charge < -0.3 is 34.2 Å². The van der Waals surface area contributed by atoms with Crippen molar-refractivity contribution in [2.24, 2.45) is 0 Å².